The van der Waals surface area contributed by atoms with Crippen LogP contribution in [0.5, 0.6) is 0 Å². The molecule has 8 heteroatoms. The summed E-state index contributed by atoms with van der Waals surface area (Å²) >= 11 is 3.27. The molecule has 0 aliphatic carbocycles. The second kappa shape index (κ2) is 9.21. The van der Waals surface area contributed by atoms with Crippen LogP contribution in [0.1, 0.15) is 17.7 Å². The fourth-order valence-corrected chi connectivity index (χ4v) is 3.91. The minimum Gasteiger partial charge on any atom is -0.245 e. The van der Waals surface area contributed by atoms with Crippen LogP contribution in [0.4, 0.5) is 8.78 Å². The van der Waals surface area contributed by atoms with E-state index in [2.05, 4.69) is 25.9 Å². The smallest absolute Gasteiger partial charge is 0.136 e. The predicted octanol–water partition coefficient (Wildman–Crippen LogP) is 2.79. The van der Waals surface area contributed by atoms with Gasteiger partial charge in [-0.1, -0.05) is 6.08 Å². The van der Waals surface area contributed by atoms with Gasteiger partial charge in [-0.25, -0.2) is 33.1 Å². The lowest BCUT2D eigenvalue weighted by molar-refractivity contribution is 0.564. The van der Waals surface area contributed by atoms with E-state index in [1.54, 1.807) is 30.1 Å². The van der Waals surface area contributed by atoms with E-state index in [0.29, 0.717) is 16.8 Å². The van der Waals surface area contributed by atoms with Gasteiger partial charge in [-0.2, -0.15) is 0 Å². The van der Waals surface area contributed by atoms with Gasteiger partial charge >= 0.3 is 0 Å². The zero-order valence-electron chi connectivity index (χ0n) is 16.7. The normalized spacial score (nSPS) is 12.9. The molecule has 1 aromatic heterocycles. The van der Waals surface area contributed by atoms with E-state index >= 15 is 0 Å². The molecule has 0 radical (unpaired) electrons. The maximum absolute atomic E-state index is 13.4. The maximum Gasteiger partial charge on any atom is 0.136 e. The van der Waals surface area contributed by atoms with Gasteiger partial charge in [-0.05, 0) is 64.5 Å². The van der Waals surface area contributed by atoms with Crippen LogP contribution in [0.3, 0.4) is 0 Å². The van der Waals surface area contributed by atoms with Crippen molar-refractivity contribution in [2.24, 2.45) is 4.99 Å². The number of halogens is 3. The van der Waals surface area contributed by atoms with Crippen LogP contribution in [0.25, 0.3) is 17.0 Å². The molecule has 2 heterocycles. The van der Waals surface area contributed by atoms with Crippen molar-refractivity contribution in [3.05, 3.63) is 98.0 Å². The number of rotatable bonds is 3. The summed E-state index contributed by atoms with van der Waals surface area (Å²) in [5.74, 6) is 4.34. The second-order valence-electron chi connectivity index (χ2n) is 6.93. The third kappa shape index (κ3) is 4.20. The van der Waals surface area contributed by atoms with Crippen molar-refractivity contribution < 1.29 is 23.2 Å². The summed E-state index contributed by atoms with van der Waals surface area (Å²) in [6.07, 6.45) is 1.85. The molecule has 5 nitrogen and oxygen atoms in total. The highest BCUT2D eigenvalue weighted by Gasteiger charge is 2.23. The van der Waals surface area contributed by atoms with Crippen molar-refractivity contribution in [2.75, 3.05) is 0 Å². The summed E-state index contributed by atoms with van der Waals surface area (Å²) in [5.41, 5.74) is 1.85. The molecule has 0 amide bonds. The Hall–Kier alpha value is -4.05. The molecule has 2 aromatic carbocycles. The van der Waals surface area contributed by atoms with Crippen molar-refractivity contribution in [1.29, 1.82) is 0 Å². The quantitative estimate of drug-likeness (QED) is 0.514. The number of benzene rings is 2. The van der Waals surface area contributed by atoms with E-state index in [9.17, 15) is 23.2 Å². The van der Waals surface area contributed by atoms with Gasteiger partial charge in [-0.15, -0.1) is 0 Å². The number of aromatic nitrogens is 1. The number of hydrogen-bond donors (Lipinski definition) is 0. The van der Waals surface area contributed by atoms with Gasteiger partial charge in [-0.3, -0.25) is 0 Å². The van der Waals surface area contributed by atoms with Crippen LogP contribution in [0.2, 0.25) is 0 Å². The standard InChI is InChI=1S/C25H11BrF2N2O3/c26-22-19(12-32)20(13-33)23(15-3-8-18(28)9-4-15)30-25(22)24-16(11-31)5-10-21(29-24)14-1-6-17(27)7-2-14/h1-4,6-10H,5H2. The average molecular weight is 505 g/mol. The SMILES string of the molecule is O=C=C1CC=C(c2ccc(F)cc2)N=C1c1nc(-c2ccc(F)cc2)c(=C=O)c(=C=O)c1Br. The van der Waals surface area contributed by atoms with E-state index in [1.165, 1.54) is 36.4 Å². The highest BCUT2D eigenvalue weighted by molar-refractivity contribution is 9.10. The Bertz CT molecular complexity index is 1560. The van der Waals surface area contributed by atoms with Gasteiger partial charge in [0.05, 0.1) is 26.7 Å². The Kier molecular flexibility index (Phi) is 6.18. The van der Waals surface area contributed by atoms with Gasteiger partial charge in [0, 0.05) is 17.5 Å². The molecule has 1 aliphatic rings. The fraction of sp³-hybridized carbons (Fsp3) is 0.0400. The summed E-state index contributed by atoms with van der Waals surface area (Å²) in [6.45, 7) is 0. The van der Waals surface area contributed by atoms with Gasteiger partial charge in [0.25, 0.3) is 0 Å². The number of aliphatic imine (C=N–C) groups is 1. The zero-order valence-corrected chi connectivity index (χ0v) is 18.2. The molecule has 4 rings (SSSR count). The zero-order chi connectivity index (χ0) is 23.5. The lowest BCUT2D eigenvalue weighted by atomic mass is 9.98. The number of carbonyl (C=O) groups excluding carboxylic acids is 3. The van der Waals surface area contributed by atoms with E-state index in [4.69, 9.17) is 0 Å². The van der Waals surface area contributed by atoms with Crippen LogP contribution in [0.15, 0.2) is 69.6 Å². The van der Waals surface area contributed by atoms with Gasteiger partial charge in [0.2, 0.25) is 0 Å². The van der Waals surface area contributed by atoms with Crippen molar-refractivity contribution in [3.8, 4) is 11.3 Å². The first-order valence-corrected chi connectivity index (χ1v) is 10.3. The summed E-state index contributed by atoms with van der Waals surface area (Å²) in [4.78, 5) is 44.1. The Morgan fingerprint density at radius 3 is 1.88 bits per heavy atom. The first kappa shape index (κ1) is 22.2. The fourth-order valence-electron chi connectivity index (χ4n) is 3.35. The molecule has 1 aliphatic heterocycles. The molecule has 0 fully saturated rings. The molecule has 0 atom stereocenters. The minimum atomic E-state index is -0.494. The van der Waals surface area contributed by atoms with E-state index in [0.717, 1.165) is 0 Å². The lowest BCUT2D eigenvalue weighted by Gasteiger charge is -2.16. The Morgan fingerprint density at radius 2 is 1.33 bits per heavy atom. The van der Waals surface area contributed by atoms with Crippen LogP contribution in [-0.4, -0.2) is 28.5 Å². The Balaban J connectivity index is 2.01. The Labute approximate surface area is 193 Å². The van der Waals surface area contributed by atoms with Crippen LogP contribution < -0.4 is 10.4 Å². The molecule has 0 N–H and O–H groups in total. The first-order valence-electron chi connectivity index (χ1n) is 9.52. The predicted molar refractivity (Wildman–Crippen MR) is 121 cm³/mol. The first-order chi connectivity index (χ1) is 16.0. The molecule has 0 spiro atoms. The summed E-state index contributed by atoms with van der Waals surface area (Å²) in [6, 6.07) is 10.8. The van der Waals surface area contributed by atoms with E-state index in [-0.39, 0.29) is 44.0 Å². The number of allylic oxidation sites excluding steroid dienone is 2. The van der Waals surface area contributed by atoms with Gasteiger partial charge < -0.3 is 0 Å². The average Bonchev–Trinajstić information content (AvgIpc) is 2.84. The summed E-state index contributed by atoms with van der Waals surface area (Å²) in [5, 5.41) is -0.338. The molecule has 33 heavy (non-hydrogen) atoms. The van der Waals surface area contributed by atoms with Gasteiger partial charge in [0.15, 0.2) is 0 Å². The van der Waals surface area contributed by atoms with Crippen LogP contribution >= 0.6 is 15.9 Å². The second-order valence-corrected chi connectivity index (χ2v) is 7.72. The third-order valence-electron chi connectivity index (χ3n) is 4.96. The van der Waals surface area contributed by atoms with E-state index < -0.39 is 11.6 Å². The molecule has 0 saturated carbocycles. The largest absolute Gasteiger partial charge is 0.245 e. The summed E-state index contributed by atoms with van der Waals surface area (Å²) in [7, 11) is 0. The van der Waals surface area contributed by atoms with Crippen LogP contribution in [0, 0.1) is 11.6 Å². The van der Waals surface area contributed by atoms with Crippen molar-refractivity contribution >= 4 is 45.2 Å². The number of hydrogen-bond acceptors (Lipinski definition) is 5. The number of nitrogens with zero attached hydrogens (tertiary/aromatic N) is 2. The van der Waals surface area contributed by atoms with Crippen molar-refractivity contribution in [3.63, 3.8) is 0 Å². The van der Waals surface area contributed by atoms with Gasteiger partial charge in [0.1, 0.15) is 46.1 Å². The molecule has 0 saturated heterocycles. The molecular weight excluding hydrogens is 494 g/mol. The highest BCUT2D eigenvalue weighted by Crippen LogP contribution is 2.28. The number of pyridine rings is 1. The molecular formula is C25H11BrF2N2O3. The Morgan fingerprint density at radius 1 is 0.758 bits per heavy atom. The molecule has 0 bridgehead atoms. The topological polar surface area (TPSA) is 76.5 Å². The molecule has 0 unspecified atom stereocenters. The third-order valence-corrected chi connectivity index (χ3v) is 5.74. The summed E-state index contributed by atoms with van der Waals surface area (Å²) < 4.78 is 26.9. The van der Waals surface area contributed by atoms with Crippen molar-refractivity contribution in [2.45, 2.75) is 6.42 Å². The maximum atomic E-state index is 13.4. The highest BCUT2D eigenvalue weighted by atomic mass is 79.9. The lowest BCUT2D eigenvalue weighted by Crippen LogP contribution is -2.35. The monoisotopic (exact) mass is 504 g/mol. The van der Waals surface area contributed by atoms with E-state index in [1.807, 2.05) is 5.94 Å². The van der Waals surface area contributed by atoms with Crippen LogP contribution in [-0.2, 0) is 14.4 Å². The van der Waals surface area contributed by atoms with Crippen molar-refractivity contribution in [1.82, 2.24) is 4.98 Å². The molecule has 160 valence electrons. The minimum absolute atomic E-state index is 0.0485. The molecule has 3 aromatic rings.